The SMILES string of the molecule is N#CC1=C(N)Oc2c(c(=O)oc3ccccc23)[C@H]1c1cccc(F)c1. The van der Waals surface area contributed by atoms with Crippen molar-refractivity contribution in [1.82, 2.24) is 0 Å². The molecule has 25 heavy (non-hydrogen) atoms. The Morgan fingerprint density at radius 3 is 2.72 bits per heavy atom. The highest BCUT2D eigenvalue weighted by Gasteiger charge is 2.35. The highest BCUT2D eigenvalue weighted by molar-refractivity contribution is 5.86. The Hall–Kier alpha value is -3.59. The van der Waals surface area contributed by atoms with Crippen LogP contribution in [-0.2, 0) is 0 Å². The van der Waals surface area contributed by atoms with Crippen molar-refractivity contribution in [2.24, 2.45) is 5.73 Å². The van der Waals surface area contributed by atoms with Crippen molar-refractivity contribution < 1.29 is 13.5 Å². The maximum absolute atomic E-state index is 13.7. The van der Waals surface area contributed by atoms with E-state index in [0.717, 1.165) is 0 Å². The summed E-state index contributed by atoms with van der Waals surface area (Å²) in [6.45, 7) is 0. The minimum Gasteiger partial charge on any atom is -0.439 e. The van der Waals surface area contributed by atoms with Gasteiger partial charge in [-0.25, -0.2) is 9.18 Å². The number of rotatable bonds is 1. The van der Waals surface area contributed by atoms with Crippen molar-refractivity contribution in [3.63, 3.8) is 0 Å². The van der Waals surface area contributed by atoms with Crippen LogP contribution < -0.4 is 16.1 Å². The van der Waals surface area contributed by atoms with Crippen molar-refractivity contribution >= 4 is 11.0 Å². The van der Waals surface area contributed by atoms with Gasteiger partial charge in [-0.1, -0.05) is 24.3 Å². The van der Waals surface area contributed by atoms with Crippen LogP contribution in [0, 0.1) is 17.1 Å². The fourth-order valence-corrected chi connectivity index (χ4v) is 3.09. The molecule has 0 fully saturated rings. The zero-order chi connectivity index (χ0) is 17.6. The van der Waals surface area contributed by atoms with Crippen LogP contribution in [0.2, 0.25) is 0 Å². The molecule has 0 saturated carbocycles. The first-order valence-corrected chi connectivity index (χ1v) is 7.49. The molecule has 2 aromatic carbocycles. The van der Waals surface area contributed by atoms with Crippen molar-refractivity contribution in [1.29, 1.82) is 5.26 Å². The van der Waals surface area contributed by atoms with Gasteiger partial charge in [0.15, 0.2) is 5.75 Å². The van der Waals surface area contributed by atoms with Gasteiger partial charge in [-0.15, -0.1) is 0 Å². The molecule has 1 aliphatic rings. The topological polar surface area (TPSA) is 89.3 Å². The van der Waals surface area contributed by atoms with E-state index >= 15 is 0 Å². The number of hydrogen-bond donors (Lipinski definition) is 1. The van der Waals surface area contributed by atoms with Crippen LogP contribution in [0.3, 0.4) is 0 Å². The molecule has 0 spiro atoms. The smallest absolute Gasteiger partial charge is 0.344 e. The zero-order valence-electron chi connectivity index (χ0n) is 12.8. The summed E-state index contributed by atoms with van der Waals surface area (Å²) in [4.78, 5) is 12.6. The van der Waals surface area contributed by atoms with Gasteiger partial charge in [0.2, 0.25) is 5.88 Å². The summed E-state index contributed by atoms with van der Waals surface area (Å²) >= 11 is 0. The Morgan fingerprint density at radius 2 is 1.96 bits per heavy atom. The number of benzene rings is 2. The second-order valence-corrected chi connectivity index (χ2v) is 5.61. The Labute approximate surface area is 141 Å². The van der Waals surface area contributed by atoms with Crippen molar-refractivity contribution in [3.8, 4) is 11.8 Å². The lowest BCUT2D eigenvalue weighted by molar-refractivity contribution is 0.388. The third-order valence-electron chi connectivity index (χ3n) is 4.16. The lowest BCUT2D eigenvalue weighted by Gasteiger charge is -2.25. The number of nitrogens with zero attached hydrogens (tertiary/aromatic N) is 1. The first-order valence-electron chi connectivity index (χ1n) is 7.49. The molecular weight excluding hydrogens is 323 g/mol. The number of nitriles is 1. The fourth-order valence-electron chi connectivity index (χ4n) is 3.09. The monoisotopic (exact) mass is 334 g/mol. The number of halogens is 1. The first kappa shape index (κ1) is 15.0. The summed E-state index contributed by atoms with van der Waals surface area (Å²) in [6.07, 6.45) is 0. The summed E-state index contributed by atoms with van der Waals surface area (Å²) in [6, 6.07) is 14.5. The average molecular weight is 334 g/mol. The summed E-state index contributed by atoms with van der Waals surface area (Å²) in [7, 11) is 0. The van der Waals surface area contributed by atoms with E-state index in [1.165, 1.54) is 18.2 Å². The van der Waals surface area contributed by atoms with Gasteiger partial charge >= 0.3 is 5.63 Å². The van der Waals surface area contributed by atoms with E-state index < -0.39 is 17.4 Å². The molecule has 2 N–H and O–H groups in total. The molecule has 4 rings (SSSR count). The van der Waals surface area contributed by atoms with Gasteiger partial charge in [-0.3, -0.25) is 0 Å². The Balaban J connectivity index is 2.10. The molecule has 3 aromatic rings. The van der Waals surface area contributed by atoms with Crippen LogP contribution in [0.5, 0.6) is 5.75 Å². The van der Waals surface area contributed by atoms with E-state index in [1.54, 1.807) is 30.3 Å². The lowest BCUT2D eigenvalue weighted by atomic mass is 9.84. The molecule has 122 valence electrons. The minimum atomic E-state index is -0.856. The normalized spacial score (nSPS) is 16.2. The molecule has 0 saturated heterocycles. The Kier molecular flexibility index (Phi) is 3.29. The second-order valence-electron chi connectivity index (χ2n) is 5.61. The van der Waals surface area contributed by atoms with E-state index in [1.807, 2.05) is 6.07 Å². The molecule has 5 nitrogen and oxygen atoms in total. The molecule has 0 amide bonds. The van der Waals surface area contributed by atoms with Crippen LogP contribution in [0.1, 0.15) is 17.0 Å². The van der Waals surface area contributed by atoms with Crippen LogP contribution in [0.25, 0.3) is 11.0 Å². The molecule has 1 aliphatic heterocycles. The van der Waals surface area contributed by atoms with E-state index in [4.69, 9.17) is 14.9 Å². The fraction of sp³-hybridized carbons (Fsp3) is 0.0526. The number of hydrogen-bond acceptors (Lipinski definition) is 5. The molecule has 2 heterocycles. The molecule has 6 heteroatoms. The first-order chi connectivity index (χ1) is 12.1. The third-order valence-corrected chi connectivity index (χ3v) is 4.16. The molecule has 0 aliphatic carbocycles. The van der Waals surface area contributed by atoms with Gasteiger partial charge in [0.05, 0.1) is 16.9 Å². The van der Waals surface area contributed by atoms with Gasteiger partial charge < -0.3 is 14.9 Å². The van der Waals surface area contributed by atoms with E-state index in [-0.39, 0.29) is 22.8 Å². The highest BCUT2D eigenvalue weighted by atomic mass is 19.1. The molecule has 1 aromatic heterocycles. The number of nitrogens with two attached hydrogens (primary N) is 1. The molecule has 1 atom stereocenters. The van der Waals surface area contributed by atoms with E-state index in [2.05, 4.69) is 0 Å². The summed E-state index contributed by atoms with van der Waals surface area (Å²) in [5, 5.41) is 10.1. The predicted octanol–water partition coefficient (Wildman–Crippen LogP) is 3.15. The molecule has 0 bridgehead atoms. The molecule has 0 unspecified atom stereocenters. The lowest BCUT2D eigenvalue weighted by Crippen LogP contribution is -2.26. The van der Waals surface area contributed by atoms with Gasteiger partial charge in [-0.05, 0) is 29.8 Å². The number of allylic oxidation sites excluding steroid dienone is 1. The summed E-state index contributed by atoms with van der Waals surface area (Å²) in [5.41, 5.74) is 6.21. The highest BCUT2D eigenvalue weighted by Crippen LogP contribution is 2.43. The Bertz CT molecular complexity index is 1140. The quantitative estimate of drug-likeness (QED) is 0.691. The van der Waals surface area contributed by atoms with Gasteiger partial charge in [0, 0.05) is 0 Å². The van der Waals surface area contributed by atoms with Crippen LogP contribution in [0.15, 0.2) is 69.2 Å². The zero-order valence-corrected chi connectivity index (χ0v) is 12.8. The molecular formula is C19H11FN2O3. The second kappa shape index (κ2) is 5.49. The number of para-hydroxylation sites is 1. The van der Waals surface area contributed by atoms with E-state index in [9.17, 15) is 14.4 Å². The Morgan fingerprint density at radius 1 is 1.16 bits per heavy atom. The van der Waals surface area contributed by atoms with E-state index in [0.29, 0.717) is 16.5 Å². The summed E-state index contributed by atoms with van der Waals surface area (Å²) in [5.74, 6) is -1.21. The maximum Gasteiger partial charge on any atom is 0.344 e. The van der Waals surface area contributed by atoms with Crippen LogP contribution in [0.4, 0.5) is 4.39 Å². The number of ether oxygens (including phenoxy) is 1. The third kappa shape index (κ3) is 2.25. The number of fused-ring (bicyclic) bond motifs is 3. The van der Waals surface area contributed by atoms with Gasteiger partial charge in [0.25, 0.3) is 0 Å². The van der Waals surface area contributed by atoms with Crippen molar-refractivity contribution in [2.75, 3.05) is 0 Å². The largest absolute Gasteiger partial charge is 0.439 e. The molecule has 0 radical (unpaired) electrons. The van der Waals surface area contributed by atoms with Crippen molar-refractivity contribution in [3.05, 3.63) is 87.4 Å². The predicted molar refractivity (Wildman–Crippen MR) is 88.2 cm³/mol. The summed E-state index contributed by atoms with van der Waals surface area (Å²) < 4.78 is 24.7. The van der Waals surface area contributed by atoms with Gasteiger partial charge in [-0.2, -0.15) is 5.26 Å². The van der Waals surface area contributed by atoms with Crippen LogP contribution in [-0.4, -0.2) is 0 Å². The average Bonchev–Trinajstić information content (AvgIpc) is 2.60. The van der Waals surface area contributed by atoms with Crippen LogP contribution >= 0.6 is 0 Å². The standard InChI is InChI=1S/C19H11FN2O3/c20-11-5-3-4-10(8-11)15-13(9-21)18(22)25-17-12-6-1-2-7-14(12)24-19(23)16(15)17/h1-8,15H,22H2/t15-/m0/s1. The van der Waals surface area contributed by atoms with Crippen molar-refractivity contribution in [2.45, 2.75) is 5.92 Å². The van der Waals surface area contributed by atoms with Gasteiger partial charge in [0.1, 0.15) is 23.0 Å². The maximum atomic E-state index is 13.7. The minimum absolute atomic E-state index is 0.0423.